The van der Waals surface area contributed by atoms with E-state index in [1.807, 2.05) is 33.8 Å². The average molecular weight is 164 g/mol. The van der Waals surface area contributed by atoms with Crippen molar-refractivity contribution in [3.05, 3.63) is 23.3 Å². The maximum atomic E-state index is 11.6. The van der Waals surface area contributed by atoms with E-state index in [9.17, 15) is 4.79 Å². The van der Waals surface area contributed by atoms with Gasteiger partial charge in [0.2, 0.25) is 0 Å². The number of carbonyl (C=O) groups excluding carboxylic acids is 1. The van der Waals surface area contributed by atoms with Crippen LogP contribution in [0.3, 0.4) is 0 Å². The van der Waals surface area contributed by atoms with Crippen LogP contribution in [-0.4, -0.2) is 5.78 Å². The number of hydrogen-bond donors (Lipinski definition) is 0. The van der Waals surface area contributed by atoms with E-state index in [0.717, 1.165) is 12.0 Å². The highest BCUT2D eigenvalue weighted by molar-refractivity contribution is 6.00. The second kappa shape index (κ2) is 2.89. The Kier molecular flexibility index (Phi) is 2.22. The maximum Gasteiger partial charge on any atom is 0.164 e. The first-order chi connectivity index (χ1) is 5.47. The summed E-state index contributed by atoms with van der Waals surface area (Å²) in [6.45, 7) is 7.93. The van der Waals surface area contributed by atoms with Crippen LogP contribution in [0.2, 0.25) is 0 Å². The molecule has 1 aliphatic rings. The smallest absolute Gasteiger partial charge is 0.164 e. The molecule has 1 nitrogen and oxygen atoms in total. The number of Topliss-reactive ketones (excluding diaryl/α,β-unsaturated/α-hetero) is 1. The van der Waals surface area contributed by atoms with Gasteiger partial charge in [0, 0.05) is 5.41 Å². The summed E-state index contributed by atoms with van der Waals surface area (Å²) in [6, 6.07) is 0. The van der Waals surface area contributed by atoms with E-state index >= 15 is 0 Å². The second-order valence-corrected chi connectivity index (χ2v) is 4.08. The highest BCUT2D eigenvalue weighted by Crippen LogP contribution is 2.34. The summed E-state index contributed by atoms with van der Waals surface area (Å²) in [5.41, 5.74) is 1.97. The highest BCUT2D eigenvalue weighted by Gasteiger charge is 2.32. The van der Waals surface area contributed by atoms with Crippen LogP contribution in [0.1, 0.15) is 34.1 Å². The topological polar surface area (TPSA) is 17.1 Å². The Hall–Kier alpha value is -0.850. The van der Waals surface area contributed by atoms with Gasteiger partial charge in [0.1, 0.15) is 0 Å². The minimum Gasteiger partial charge on any atom is -0.294 e. The van der Waals surface area contributed by atoms with Crippen molar-refractivity contribution in [3.63, 3.8) is 0 Å². The summed E-state index contributed by atoms with van der Waals surface area (Å²) in [7, 11) is 0. The molecule has 0 amide bonds. The maximum absolute atomic E-state index is 11.6. The first-order valence-corrected chi connectivity index (χ1v) is 4.35. The van der Waals surface area contributed by atoms with Gasteiger partial charge >= 0.3 is 0 Å². The molecule has 0 aliphatic heterocycles. The molecule has 12 heavy (non-hydrogen) atoms. The molecule has 0 N–H and O–H groups in total. The molecule has 0 aromatic heterocycles. The molecule has 0 saturated carbocycles. The molecule has 0 saturated heterocycles. The Morgan fingerprint density at radius 2 is 2.08 bits per heavy atom. The largest absolute Gasteiger partial charge is 0.294 e. The van der Waals surface area contributed by atoms with Crippen molar-refractivity contribution >= 4 is 5.78 Å². The van der Waals surface area contributed by atoms with E-state index in [2.05, 4.69) is 6.08 Å². The number of hydrogen-bond acceptors (Lipinski definition) is 1. The highest BCUT2D eigenvalue weighted by atomic mass is 16.1. The average Bonchev–Trinajstić information content (AvgIpc) is 1.99. The molecule has 1 rings (SSSR count). The third kappa shape index (κ3) is 1.50. The van der Waals surface area contributed by atoms with Crippen molar-refractivity contribution in [3.8, 4) is 0 Å². The second-order valence-electron chi connectivity index (χ2n) is 4.08. The lowest BCUT2D eigenvalue weighted by Crippen LogP contribution is -2.28. The molecule has 1 aliphatic carbocycles. The Morgan fingerprint density at radius 3 is 2.50 bits per heavy atom. The van der Waals surface area contributed by atoms with Crippen molar-refractivity contribution in [1.82, 2.24) is 0 Å². The van der Waals surface area contributed by atoms with E-state index in [-0.39, 0.29) is 11.2 Å². The number of carbonyl (C=O) groups is 1. The van der Waals surface area contributed by atoms with Crippen LogP contribution < -0.4 is 0 Å². The summed E-state index contributed by atoms with van der Waals surface area (Å²) in [4.78, 5) is 11.6. The fourth-order valence-corrected chi connectivity index (χ4v) is 1.70. The zero-order valence-electron chi connectivity index (χ0n) is 8.27. The van der Waals surface area contributed by atoms with E-state index < -0.39 is 0 Å². The third-order valence-electron chi connectivity index (χ3n) is 2.39. The van der Waals surface area contributed by atoms with Gasteiger partial charge in [-0.05, 0) is 25.8 Å². The van der Waals surface area contributed by atoms with Gasteiger partial charge in [-0.2, -0.15) is 0 Å². The first-order valence-electron chi connectivity index (χ1n) is 4.35. The molecule has 0 spiro atoms. The molecular formula is C11H16O. The van der Waals surface area contributed by atoms with Gasteiger partial charge < -0.3 is 0 Å². The van der Waals surface area contributed by atoms with Crippen LogP contribution in [0.5, 0.6) is 0 Å². The van der Waals surface area contributed by atoms with Crippen LogP contribution in [0.15, 0.2) is 23.3 Å². The molecule has 0 heterocycles. The van der Waals surface area contributed by atoms with E-state index in [4.69, 9.17) is 0 Å². The lowest BCUT2D eigenvalue weighted by molar-refractivity contribution is -0.123. The summed E-state index contributed by atoms with van der Waals surface area (Å²) >= 11 is 0. The van der Waals surface area contributed by atoms with Gasteiger partial charge in [0.25, 0.3) is 0 Å². The zero-order chi connectivity index (χ0) is 9.35. The van der Waals surface area contributed by atoms with E-state index in [0.29, 0.717) is 0 Å². The fraction of sp³-hybridized carbons (Fsp3) is 0.545. The summed E-state index contributed by atoms with van der Waals surface area (Å²) in [5.74, 6) is 0.285. The van der Waals surface area contributed by atoms with Crippen LogP contribution in [0, 0.1) is 5.41 Å². The Labute approximate surface area is 74.2 Å². The van der Waals surface area contributed by atoms with E-state index in [1.165, 1.54) is 5.57 Å². The molecule has 0 fully saturated rings. The molecular weight excluding hydrogens is 148 g/mol. The first kappa shape index (κ1) is 9.24. The Balaban J connectivity index is 3.08. The minimum atomic E-state index is -0.194. The van der Waals surface area contributed by atoms with Crippen LogP contribution in [0.4, 0.5) is 0 Å². The monoisotopic (exact) mass is 164 g/mol. The van der Waals surface area contributed by atoms with Crippen molar-refractivity contribution < 1.29 is 4.79 Å². The standard InChI is InChI=1S/C11H16O/c1-5-9-6-8(2)10(12)11(3,4)7-9/h5-6H,7H2,1-4H3/b9-5+. The predicted octanol–water partition coefficient (Wildman–Crippen LogP) is 2.88. The molecule has 1 heteroatoms. The quantitative estimate of drug-likeness (QED) is 0.538. The molecule has 0 radical (unpaired) electrons. The van der Waals surface area contributed by atoms with Crippen LogP contribution in [0.25, 0.3) is 0 Å². The zero-order valence-corrected chi connectivity index (χ0v) is 8.27. The molecule has 0 unspecified atom stereocenters. The lowest BCUT2D eigenvalue weighted by Gasteiger charge is -2.28. The van der Waals surface area contributed by atoms with Crippen molar-refractivity contribution in [2.45, 2.75) is 34.1 Å². The normalized spacial score (nSPS) is 25.8. The minimum absolute atomic E-state index is 0.194. The van der Waals surface area contributed by atoms with Gasteiger partial charge in [0.05, 0.1) is 0 Å². The summed E-state index contributed by atoms with van der Waals surface area (Å²) < 4.78 is 0. The van der Waals surface area contributed by atoms with Gasteiger partial charge in [-0.1, -0.05) is 31.6 Å². The number of allylic oxidation sites excluding steroid dienone is 4. The molecule has 66 valence electrons. The SMILES string of the molecule is C/C=C1\C=C(C)C(=O)C(C)(C)C1. The lowest BCUT2D eigenvalue weighted by atomic mass is 9.74. The molecule has 0 aromatic rings. The summed E-state index contributed by atoms with van der Waals surface area (Å²) in [5, 5.41) is 0. The van der Waals surface area contributed by atoms with Gasteiger partial charge in [-0.25, -0.2) is 0 Å². The van der Waals surface area contributed by atoms with Gasteiger partial charge in [0.15, 0.2) is 5.78 Å². The molecule has 0 aromatic carbocycles. The number of rotatable bonds is 0. The summed E-state index contributed by atoms with van der Waals surface area (Å²) in [6.07, 6.45) is 4.95. The molecule has 0 bridgehead atoms. The van der Waals surface area contributed by atoms with Crippen LogP contribution >= 0.6 is 0 Å². The van der Waals surface area contributed by atoms with Crippen molar-refractivity contribution in [2.24, 2.45) is 5.41 Å². The predicted molar refractivity (Wildman–Crippen MR) is 50.9 cm³/mol. The van der Waals surface area contributed by atoms with E-state index in [1.54, 1.807) is 0 Å². The van der Waals surface area contributed by atoms with Crippen molar-refractivity contribution in [2.75, 3.05) is 0 Å². The third-order valence-corrected chi connectivity index (χ3v) is 2.39. The van der Waals surface area contributed by atoms with Gasteiger partial charge in [-0.3, -0.25) is 4.79 Å². The Bertz CT molecular complexity index is 267. The van der Waals surface area contributed by atoms with Gasteiger partial charge in [-0.15, -0.1) is 0 Å². The van der Waals surface area contributed by atoms with Crippen LogP contribution in [-0.2, 0) is 4.79 Å². The Morgan fingerprint density at radius 1 is 1.50 bits per heavy atom. The fourth-order valence-electron chi connectivity index (χ4n) is 1.70. The van der Waals surface area contributed by atoms with Crippen molar-refractivity contribution in [1.29, 1.82) is 0 Å². The molecule has 0 atom stereocenters. The number of ketones is 1.